The third kappa shape index (κ3) is 3.92. The van der Waals surface area contributed by atoms with Crippen LogP contribution in [0.4, 0.5) is 0 Å². The fourth-order valence-electron chi connectivity index (χ4n) is 5.54. The second-order valence-electron chi connectivity index (χ2n) is 9.31. The van der Waals surface area contributed by atoms with Gasteiger partial charge in [0.25, 0.3) is 11.1 Å². The third-order valence-corrected chi connectivity index (χ3v) is 7.20. The molecule has 1 saturated heterocycles. The molecule has 1 N–H and O–H groups in total. The van der Waals surface area contributed by atoms with Crippen LogP contribution in [0.2, 0.25) is 5.02 Å². The normalized spacial score (nSPS) is 18.3. The van der Waals surface area contributed by atoms with E-state index in [-0.39, 0.29) is 11.1 Å². The Bertz CT molecular complexity index is 1240. The van der Waals surface area contributed by atoms with Crippen LogP contribution >= 0.6 is 11.6 Å². The molecule has 3 heterocycles. The summed E-state index contributed by atoms with van der Waals surface area (Å²) in [5.74, 6) is 0.651. The molecule has 0 bridgehead atoms. The van der Waals surface area contributed by atoms with Crippen molar-refractivity contribution in [3.8, 4) is 0 Å². The van der Waals surface area contributed by atoms with Crippen molar-refractivity contribution in [3.63, 3.8) is 0 Å². The summed E-state index contributed by atoms with van der Waals surface area (Å²) in [6, 6.07) is 5.52. The number of nitrogens with one attached hydrogen (secondary N) is 1. The summed E-state index contributed by atoms with van der Waals surface area (Å²) in [5.41, 5.74) is 2.38. The van der Waals surface area contributed by atoms with Crippen molar-refractivity contribution in [2.45, 2.75) is 32.1 Å². The molecule has 2 aliphatic rings. The van der Waals surface area contributed by atoms with Crippen molar-refractivity contribution in [2.75, 3.05) is 19.6 Å². The minimum atomic E-state index is -0.139. The maximum atomic E-state index is 12.4. The highest BCUT2D eigenvalue weighted by atomic mass is 35.5. The Balaban J connectivity index is 1.13. The molecule has 31 heavy (non-hydrogen) atoms. The van der Waals surface area contributed by atoms with E-state index in [9.17, 15) is 9.59 Å². The van der Waals surface area contributed by atoms with Crippen LogP contribution < -0.4 is 11.1 Å². The first kappa shape index (κ1) is 20.4. The van der Waals surface area contributed by atoms with Gasteiger partial charge in [-0.3, -0.25) is 9.59 Å². The van der Waals surface area contributed by atoms with E-state index < -0.39 is 0 Å². The molecular formula is C23H26ClN5O2. The zero-order chi connectivity index (χ0) is 21.6. The maximum absolute atomic E-state index is 12.4. The number of benzene rings is 1. The molecule has 162 valence electrons. The molecule has 0 atom stereocenters. The van der Waals surface area contributed by atoms with Gasteiger partial charge in [-0.25, -0.2) is 9.78 Å². The monoisotopic (exact) mass is 439 g/mol. The third-order valence-electron chi connectivity index (χ3n) is 6.88. The van der Waals surface area contributed by atoms with Gasteiger partial charge in [-0.05, 0) is 67.2 Å². The quantitative estimate of drug-likeness (QED) is 0.638. The molecule has 0 radical (unpaired) electrons. The summed E-state index contributed by atoms with van der Waals surface area (Å²) < 4.78 is 1.34. The Labute approximate surface area is 185 Å². The predicted octanol–water partition coefficient (Wildman–Crippen LogP) is 2.56. The first-order valence-corrected chi connectivity index (χ1v) is 11.2. The van der Waals surface area contributed by atoms with Crippen molar-refractivity contribution in [1.82, 2.24) is 24.9 Å². The lowest BCUT2D eigenvalue weighted by Crippen LogP contribution is -2.62. The van der Waals surface area contributed by atoms with Crippen molar-refractivity contribution in [2.24, 2.45) is 18.4 Å². The molecule has 7 nitrogen and oxygen atoms in total. The molecule has 1 aliphatic carbocycles. The summed E-state index contributed by atoms with van der Waals surface area (Å²) in [7, 11) is 1.65. The first-order chi connectivity index (χ1) is 14.9. The second-order valence-corrected chi connectivity index (χ2v) is 9.72. The molecule has 5 rings (SSSR count). The van der Waals surface area contributed by atoms with Gasteiger partial charge in [0.1, 0.15) is 0 Å². The highest BCUT2D eigenvalue weighted by Crippen LogP contribution is 2.53. The number of fused-ring (bicyclic) bond motifs is 1. The summed E-state index contributed by atoms with van der Waals surface area (Å²) in [5, 5.41) is 12.4. The van der Waals surface area contributed by atoms with Gasteiger partial charge in [0.05, 0.1) is 22.8 Å². The van der Waals surface area contributed by atoms with E-state index in [0.717, 1.165) is 36.8 Å². The highest BCUT2D eigenvalue weighted by molar-refractivity contribution is 6.35. The number of likely N-dealkylation sites (tertiary alicyclic amines) is 1. The smallest absolute Gasteiger partial charge is 0.275 e. The number of nitrogens with zero attached hydrogens (tertiary/aromatic N) is 4. The number of halogens is 1. The average Bonchev–Trinajstić information content (AvgIpc) is 2.68. The molecule has 2 aromatic heterocycles. The van der Waals surface area contributed by atoms with Crippen LogP contribution in [0, 0.1) is 11.3 Å². The highest BCUT2D eigenvalue weighted by Gasteiger charge is 2.51. The molecule has 1 spiro atoms. The van der Waals surface area contributed by atoms with Gasteiger partial charge in [-0.2, -0.15) is 10.2 Å². The Morgan fingerprint density at radius 1 is 1.23 bits per heavy atom. The van der Waals surface area contributed by atoms with Gasteiger partial charge in [-0.15, -0.1) is 0 Å². The number of rotatable bonds is 6. The van der Waals surface area contributed by atoms with Gasteiger partial charge >= 0.3 is 0 Å². The molecule has 1 aliphatic heterocycles. The lowest BCUT2D eigenvalue weighted by atomic mass is 9.56. The van der Waals surface area contributed by atoms with Crippen molar-refractivity contribution < 1.29 is 0 Å². The Kier molecular flexibility index (Phi) is 5.18. The van der Waals surface area contributed by atoms with E-state index in [1.165, 1.54) is 36.2 Å². The van der Waals surface area contributed by atoms with Crippen LogP contribution in [-0.2, 0) is 19.9 Å². The number of hydrogen-bond acceptors (Lipinski definition) is 5. The summed E-state index contributed by atoms with van der Waals surface area (Å²) in [6.45, 7) is 3.40. The van der Waals surface area contributed by atoms with Gasteiger partial charge < -0.3 is 4.90 Å². The summed E-state index contributed by atoms with van der Waals surface area (Å²) in [6.07, 6.45) is 8.89. The topological polar surface area (TPSA) is 83.9 Å². The van der Waals surface area contributed by atoms with E-state index in [1.54, 1.807) is 25.5 Å². The summed E-state index contributed by atoms with van der Waals surface area (Å²) in [4.78, 5) is 26.3. The van der Waals surface area contributed by atoms with Crippen LogP contribution in [0.5, 0.6) is 0 Å². The number of aromatic nitrogens is 4. The number of aromatic amines is 1. The molecule has 0 amide bonds. The van der Waals surface area contributed by atoms with E-state index >= 15 is 0 Å². The van der Waals surface area contributed by atoms with Crippen LogP contribution in [0.3, 0.4) is 0 Å². The lowest BCUT2D eigenvalue weighted by molar-refractivity contribution is -0.0936. The molecule has 1 saturated carbocycles. The Morgan fingerprint density at radius 2 is 2.03 bits per heavy atom. The van der Waals surface area contributed by atoms with Gasteiger partial charge in [-0.1, -0.05) is 17.7 Å². The fraction of sp³-hybridized carbons (Fsp3) is 0.478. The van der Waals surface area contributed by atoms with Crippen LogP contribution in [0.1, 0.15) is 30.4 Å². The van der Waals surface area contributed by atoms with E-state index in [1.807, 2.05) is 12.1 Å². The van der Waals surface area contributed by atoms with Gasteiger partial charge in [0.15, 0.2) is 0 Å². The fourth-order valence-corrected chi connectivity index (χ4v) is 5.78. The van der Waals surface area contributed by atoms with Crippen molar-refractivity contribution >= 4 is 22.4 Å². The molecular weight excluding hydrogens is 414 g/mol. The Hall–Kier alpha value is -2.51. The summed E-state index contributed by atoms with van der Waals surface area (Å²) >= 11 is 6.30. The minimum Gasteiger partial charge on any atom is -0.302 e. The van der Waals surface area contributed by atoms with Crippen molar-refractivity contribution in [3.05, 3.63) is 67.4 Å². The molecule has 3 aromatic rings. The van der Waals surface area contributed by atoms with E-state index in [0.29, 0.717) is 21.7 Å². The molecule has 0 unspecified atom stereocenters. The zero-order valence-corrected chi connectivity index (χ0v) is 18.4. The van der Waals surface area contributed by atoms with Crippen molar-refractivity contribution in [1.29, 1.82) is 0 Å². The largest absolute Gasteiger partial charge is 0.302 e. The van der Waals surface area contributed by atoms with Gasteiger partial charge in [0.2, 0.25) is 0 Å². The second kappa shape index (κ2) is 7.88. The number of aryl methyl sites for hydroxylation is 2. The SMILES string of the molecule is Cn1ncc2c(CC3CC4(C3)CN(CCCc3cn[nH]c(=O)c3)C4)ccc(Cl)c2c1=O. The number of H-pyrrole nitrogens is 1. The van der Waals surface area contributed by atoms with Crippen LogP contribution in [0.25, 0.3) is 10.8 Å². The molecule has 2 fully saturated rings. The molecule has 8 heteroatoms. The maximum Gasteiger partial charge on any atom is 0.275 e. The Morgan fingerprint density at radius 3 is 2.81 bits per heavy atom. The minimum absolute atomic E-state index is 0.134. The molecule has 1 aromatic carbocycles. The standard InChI is InChI=1S/C23H26ClN5O2/c1-28-22(31)21-18(12-26-28)17(4-5-19(21)24)7-16-9-23(10-16)13-29(14-23)6-2-3-15-8-20(30)27-25-11-15/h4-5,8,11-12,16H,2-3,6-7,9-10,13-14H2,1H3,(H,27,30). The van der Waals surface area contributed by atoms with Gasteiger partial charge in [0, 0.05) is 31.6 Å². The van der Waals surface area contributed by atoms with Crippen LogP contribution in [-0.4, -0.2) is 44.5 Å². The van der Waals surface area contributed by atoms with E-state index in [4.69, 9.17) is 11.6 Å². The first-order valence-electron chi connectivity index (χ1n) is 10.8. The lowest BCUT2D eigenvalue weighted by Gasteiger charge is -2.59. The van der Waals surface area contributed by atoms with Crippen LogP contribution in [0.15, 0.2) is 40.2 Å². The van der Waals surface area contributed by atoms with E-state index in [2.05, 4.69) is 20.2 Å². The average molecular weight is 440 g/mol. The predicted molar refractivity (Wildman–Crippen MR) is 120 cm³/mol. The zero-order valence-electron chi connectivity index (χ0n) is 17.6. The number of hydrogen-bond donors (Lipinski definition) is 1.